The molecule has 6 heteroatoms. The van der Waals surface area contributed by atoms with Crippen molar-refractivity contribution >= 4 is 27.3 Å². The van der Waals surface area contributed by atoms with Gasteiger partial charge < -0.3 is 15.0 Å². The van der Waals surface area contributed by atoms with E-state index in [1.807, 2.05) is 18.0 Å². The number of thiophene rings is 1. The van der Waals surface area contributed by atoms with E-state index in [0.29, 0.717) is 21.9 Å². The molecule has 1 fully saturated rings. The van der Waals surface area contributed by atoms with Gasteiger partial charge in [0.25, 0.3) is 5.91 Å². The Hall–Kier alpha value is -1.50. The molecule has 23 heavy (non-hydrogen) atoms. The van der Waals surface area contributed by atoms with Gasteiger partial charge in [-0.15, -0.1) is 11.3 Å². The Morgan fingerprint density at radius 2 is 2.17 bits per heavy atom. The number of benzene rings is 1. The molecule has 1 N–H and O–H groups in total. The van der Waals surface area contributed by atoms with Gasteiger partial charge in [-0.2, -0.15) is 0 Å². The van der Waals surface area contributed by atoms with Gasteiger partial charge in [-0.3, -0.25) is 4.79 Å². The molecule has 1 aliphatic heterocycles. The topological polar surface area (TPSA) is 41.6 Å². The van der Waals surface area contributed by atoms with Gasteiger partial charge >= 0.3 is 0 Å². The van der Waals surface area contributed by atoms with Gasteiger partial charge in [0.05, 0.1) is 11.5 Å². The summed E-state index contributed by atoms with van der Waals surface area (Å²) in [6.45, 7) is 1.70. The largest absolute Gasteiger partial charge is 0.380 e. The summed E-state index contributed by atoms with van der Waals surface area (Å²) in [6, 6.07) is 5.43. The fraction of sp³-hybridized carbons (Fsp3) is 0.471. The maximum atomic E-state index is 14.2. The summed E-state index contributed by atoms with van der Waals surface area (Å²) in [6.07, 6.45) is 1.89. The summed E-state index contributed by atoms with van der Waals surface area (Å²) in [7, 11) is 3.52. The van der Waals surface area contributed by atoms with E-state index in [-0.39, 0.29) is 18.3 Å². The number of fused-ring (bicyclic) bond motifs is 1. The van der Waals surface area contributed by atoms with Crippen molar-refractivity contribution in [2.45, 2.75) is 25.5 Å². The molecule has 1 aromatic carbocycles. The van der Waals surface area contributed by atoms with Crippen LogP contribution in [0.4, 0.5) is 4.39 Å². The number of likely N-dealkylation sites (tertiary alicyclic amines) is 1. The van der Waals surface area contributed by atoms with E-state index >= 15 is 0 Å². The monoisotopic (exact) mass is 336 g/mol. The van der Waals surface area contributed by atoms with Crippen molar-refractivity contribution < 1.29 is 13.9 Å². The number of amides is 1. The van der Waals surface area contributed by atoms with Crippen LogP contribution in [0.5, 0.6) is 0 Å². The zero-order valence-corrected chi connectivity index (χ0v) is 14.2. The molecule has 2 aromatic rings. The molecule has 0 saturated carbocycles. The predicted molar refractivity (Wildman–Crippen MR) is 90.5 cm³/mol. The highest BCUT2D eigenvalue weighted by molar-refractivity contribution is 7.21. The first-order valence-electron chi connectivity index (χ1n) is 7.81. The molecule has 3 rings (SSSR count). The second-order valence-electron chi connectivity index (χ2n) is 5.81. The van der Waals surface area contributed by atoms with E-state index < -0.39 is 0 Å². The second kappa shape index (κ2) is 6.95. The van der Waals surface area contributed by atoms with Crippen molar-refractivity contribution in [1.82, 2.24) is 10.2 Å². The average Bonchev–Trinajstić information content (AvgIpc) is 2.95. The van der Waals surface area contributed by atoms with Gasteiger partial charge in [0, 0.05) is 41.9 Å². The normalized spacial score (nSPS) is 16.2. The average molecular weight is 336 g/mol. The summed E-state index contributed by atoms with van der Waals surface area (Å²) in [5, 5.41) is 3.78. The standard InChI is InChI=1S/C17H21FN2O2S/c1-19-11-6-8-20(9-7-11)17(21)16-12(10-22-2)15-13(18)4-3-5-14(15)23-16/h3-5,11,19H,6-10H2,1-2H3. The van der Waals surface area contributed by atoms with Gasteiger partial charge in [0.2, 0.25) is 0 Å². The van der Waals surface area contributed by atoms with Crippen molar-refractivity contribution in [3.63, 3.8) is 0 Å². The number of nitrogens with zero attached hydrogens (tertiary/aromatic N) is 1. The molecule has 1 amide bonds. The molecule has 0 spiro atoms. The van der Waals surface area contributed by atoms with Crippen molar-refractivity contribution in [1.29, 1.82) is 0 Å². The van der Waals surface area contributed by atoms with Crippen LogP contribution in [-0.2, 0) is 11.3 Å². The molecule has 0 unspecified atom stereocenters. The van der Waals surface area contributed by atoms with Crippen LogP contribution < -0.4 is 5.32 Å². The van der Waals surface area contributed by atoms with Crippen LogP contribution in [0.25, 0.3) is 10.1 Å². The Labute approximate surface area is 139 Å². The number of halogens is 1. The van der Waals surface area contributed by atoms with E-state index in [1.165, 1.54) is 17.4 Å². The number of carbonyl (C=O) groups excluding carboxylic acids is 1. The van der Waals surface area contributed by atoms with Crippen LogP contribution >= 0.6 is 11.3 Å². The lowest BCUT2D eigenvalue weighted by molar-refractivity contribution is 0.0708. The molecule has 1 saturated heterocycles. The smallest absolute Gasteiger partial charge is 0.264 e. The van der Waals surface area contributed by atoms with Gasteiger partial charge in [-0.1, -0.05) is 6.07 Å². The Kier molecular flexibility index (Phi) is 4.94. The van der Waals surface area contributed by atoms with E-state index in [4.69, 9.17) is 4.74 Å². The summed E-state index contributed by atoms with van der Waals surface area (Å²) >= 11 is 1.36. The first kappa shape index (κ1) is 16.4. The predicted octanol–water partition coefficient (Wildman–Crippen LogP) is 3.01. The number of rotatable bonds is 4. The minimum atomic E-state index is -0.293. The molecule has 2 heterocycles. The number of methoxy groups -OCH3 is 1. The zero-order chi connectivity index (χ0) is 16.4. The van der Waals surface area contributed by atoms with Crippen LogP contribution in [0.3, 0.4) is 0 Å². The molecular weight excluding hydrogens is 315 g/mol. The summed E-state index contributed by atoms with van der Waals surface area (Å²) in [5.74, 6) is -0.300. The fourth-order valence-electron chi connectivity index (χ4n) is 3.14. The van der Waals surface area contributed by atoms with Gasteiger partial charge in [-0.25, -0.2) is 4.39 Å². The quantitative estimate of drug-likeness (QED) is 0.933. The van der Waals surface area contributed by atoms with Crippen molar-refractivity contribution in [3.05, 3.63) is 34.5 Å². The highest BCUT2D eigenvalue weighted by atomic mass is 32.1. The second-order valence-corrected chi connectivity index (χ2v) is 6.86. The van der Waals surface area contributed by atoms with Gasteiger partial charge in [0.15, 0.2) is 0 Å². The number of hydrogen-bond donors (Lipinski definition) is 1. The Balaban J connectivity index is 1.94. The fourth-order valence-corrected chi connectivity index (χ4v) is 4.33. The number of piperidine rings is 1. The Morgan fingerprint density at radius 1 is 1.43 bits per heavy atom. The first-order chi connectivity index (χ1) is 11.2. The highest BCUT2D eigenvalue weighted by Crippen LogP contribution is 2.35. The number of ether oxygens (including phenoxy) is 1. The van der Waals surface area contributed by atoms with E-state index in [2.05, 4.69) is 5.32 Å². The van der Waals surface area contributed by atoms with E-state index in [1.54, 1.807) is 13.2 Å². The third-order valence-corrected chi connectivity index (χ3v) is 5.62. The highest BCUT2D eigenvalue weighted by Gasteiger charge is 2.27. The van der Waals surface area contributed by atoms with Crippen molar-refractivity contribution in [2.75, 3.05) is 27.2 Å². The van der Waals surface area contributed by atoms with Crippen molar-refractivity contribution in [2.24, 2.45) is 0 Å². The number of nitrogens with one attached hydrogen (secondary N) is 1. The van der Waals surface area contributed by atoms with Gasteiger partial charge in [0.1, 0.15) is 5.82 Å². The zero-order valence-electron chi connectivity index (χ0n) is 13.4. The van der Waals surface area contributed by atoms with Crippen LogP contribution in [0.15, 0.2) is 18.2 Å². The molecule has 124 valence electrons. The molecule has 0 atom stereocenters. The lowest BCUT2D eigenvalue weighted by atomic mass is 10.0. The summed E-state index contributed by atoms with van der Waals surface area (Å²) in [5.41, 5.74) is 0.673. The van der Waals surface area contributed by atoms with Crippen LogP contribution in [0, 0.1) is 5.82 Å². The van der Waals surface area contributed by atoms with Gasteiger partial charge in [-0.05, 0) is 32.0 Å². The lowest BCUT2D eigenvalue weighted by Crippen LogP contribution is -2.43. The molecule has 0 aliphatic carbocycles. The van der Waals surface area contributed by atoms with Crippen LogP contribution in [0.2, 0.25) is 0 Å². The number of carbonyl (C=O) groups is 1. The van der Waals surface area contributed by atoms with E-state index in [9.17, 15) is 9.18 Å². The minimum Gasteiger partial charge on any atom is -0.380 e. The SMILES string of the molecule is CNC1CCN(C(=O)c2sc3cccc(F)c3c2COC)CC1. The summed E-state index contributed by atoms with van der Waals surface area (Å²) < 4.78 is 20.2. The Bertz CT molecular complexity index is 708. The van der Waals surface area contributed by atoms with E-state index in [0.717, 1.165) is 30.6 Å². The van der Waals surface area contributed by atoms with Crippen LogP contribution in [0.1, 0.15) is 28.1 Å². The molecular formula is C17H21FN2O2S. The first-order valence-corrected chi connectivity index (χ1v) is 8.62. The molecule has 1 aromatic heterocycles. The Morgan fingerprint density at radius 3 is 2.83 bits per heavy atom. The molecule has 4 nitrogen and oxygen atoms in total. The minimum absolute atomic E-state index is 0.00722. The number of hydrogen-bond acceptors (Lipinski definition) is 4. The van der Waals surface area contributed by atoms with Crippen LogP contribution in [-0.4, -0.2) is 44.1 Å². The summed E-state index contributed by atoms with van der Waals surface area (Å²) in [4.78, 5) is 15.4. The third kappa shape index (κ3) is 3.11. The maximum absolute atomic E-state index is 14.2. The molecule has 0 radical (unpaired) electrons. The maximum Gasteiger partial charge on any atom is 0.264 e. The molecule has 1 aliphatic rings. The lowest BCUT2D eigenvalue weighted by Gasteiger charge is -2.31. The molecule has 0 bridgehead atoms. The third-order valence-electron chi connectivity index (χ3n) is 4.44. The van der Waals surface area contributed by atoms with Crippen molar-refractivity contribution in [3.8, 4) is 0 Å².